The van der Waals surface area contributed by atoms with E-state index in [4.69, 9.17) is 23.7 Å². The number of rotatable bonds is 8. The minimum absolute atomic E-state index is 0.0285. The van der Waals surface area contributed by atoms with Crippen LogP contribution >= 0.6 is 0 Å². The quantitative estimate of drug-likeness (QED) is 0.104. The van der Waals surface area contributed by atoms with Crippen LogP contribution in [0, 0.1) is 47.8 Å². The van der Waals surface area contributed by atoms with Gasteiger partial charge in [0.25, 0.3) is 11.7 Å². The Morgan fingerprint density at radius 1 is 0.881 bits per heavy atom. The predicted octanol–water partition coefficient (Wildman–Crippen LogP) is 8.05. The lowest BCUT2D eigenvalue weighted by Gasteiger charge is -2.43. The van der Waals surface area contributed by atoms with Gasteiger partial charge in [-0.15, -0.1) is 5.92 Å². The van der Waals surface area contributed by atoms with Gasteiger partial charge in [-0.3, -0.25) is 19.2 Å². The summed E-state index contributed by atoms with van der Waals surface area (Å²) in [6.07, 6.45) is 16.8. The third-order valence-electron chi connectivity index (χ3n) is 15.1. The molecule has 1 aliphatic carbocycles. The molecule has 0 spiro atoms. The van der Waals surface area contributed by atoms with Crippen molar-refractivity contribution in [1.82, 2.24) is 4.90 Å². The van der Waals surface area contributed by atoms with Crippen LogP contribution in [-0.2, 0) is 47.7 Å². The van der Waals surface area contributed by atoms with Gasteiger partial charge in [-0.1, -0.05) is 90.8 Å². The minimum atomic E-state index is -2.41. The summed E-state index contributed by atoms with van der Waals surface area (Å²) in [5.41, 5.74) is 1.30. The number of carbonyl (C=O) groups is 5. The number of fused-ring (bicyclic) bond motifs is 3. The Morgan fingerprint density at radius 3 is 2.28 bits per heavy atom. The van der Waals surface area contributed by atoms with E-state index in [1.165, 1.54) is 12.0 Å². The molecule has 3 heterocycles. The van der Waals surface area contributed by atoms with Gasteiger partial charge in [-0.2, -0.15) is 6.42 Å². The van der Waals surface area contributed by atoms with Crippen molar-refractivity contribution in [2.75, 3.05) is 27.9 Å². The molecule has 2 saturated heterocycles. The number of carbonyl (C=O) groups excluding carboxylic acids is 5. The number of esters is 1. The highest BCUT2D eigenvalue weighted by Crippen LogP contribution is 2.39. The van der Waals surface area contributed by atoms with Crippen LogP contribution in [0.1, 0.15) is 139 Å². The highest BCUT2D eigenvalue weighted by atomic mass is 16.6. The van der Waals surface area contributed by atoms with E-state index in [0.717, 1.165) is 31.3 Å². The molecule has 2 N–H and O–H groups in total. The average Bonchev–Trinajstić information content (AvgIpc) is 3.30. The number of piperidine rings is 1. The summed E-state index contributed by atoms with van der Waals surface area (Å²) in [4.78, 5) is 72.2. The molecule has 15 atom stereocenters. The van der Waals surface area contributed by atoms with Crippen LogP contribution in [-0.4, -0.2) is 121 Å². The van der Waals surface area contributed by atoms with E-state index in [1.54, 1.807) is 41.1 Å². The zero-order valence-corrected chi connectivity index (χ0v) is 42.4. The fraction of sp³-hybridized carbons (Fsp3) is 0.741. The van der Waals surface area contributed by atoms with E-state index in [1.807, 2.05) is 58.1 Å². The molecule has 0 unspecified atom stereocenters. The maximum atomic E-state index is 14.5. The summed E-state index contributed by atoms with van der Waals surface area (Å²) in [7, 11) is 4.72. The first-order valence-electron chi connectivity index (χ1n) is 25.1. The number of cyclic esters (lactones) is 1. The number of methoxy groups -OCH3 is 3. The predicted molar refractivity (Wildman–Crippen MR) is 257 cm³/mol. The summed E-state index contributed by atoms with van der Waals surface area (Å²) in [5.74, 6) is -7.18. The normalized spacial score (nSPS) is 39.6. The van der Waals surface area contributed by atoms with Gasteiger partial charge in [-0.05, 0) is 94.1 Å². The van der Waals surface area contributed by atoms with Gasteiger partial charge < -0.3 is 45.2 Å². The summed E-state index contributed by atoms with van der Waals surface area (Å²) in [5, 5.41) is 23.5. The summed E-state index contributed by atoms with van der Waals surface area (Å²) in [6.45, 7) is 15.1. The molecule has 0 aromatic heterocycles. The highest BCUT2D eigenvalue weighted by Gasteiger charge is 2.53. The molecule has 1 amide bonds. The zero-order valence-electron chi connectivity index (χ0n) is 42.4. The molecule has 13 heteroatoms. The molecule has 378 valence electrons. The lowest BCUT2D eigenvalue weighted by molar-refractivity contribution is -0.265. The number of hydrogen-bond acceptors (Lipinski definition) is 12. The number of nitrogens with zero attached hydrogens (tertiary/aromatic N) is 1. The second-order valence-corrected chi connectivity index (χ2v) is 20.3. The topological polar surface area (TPSA) is 175 Å². The molecule has 1 saturated carbocycles. The number of ketones is 3. The number of Topliss-reactive ketones (excluding diaryl/α,β-unsaturated/α-hetero) is 3. The Bertz CT molecular complexity index is 1790. The van der Waals surface area contributed by atoms with Gasteiger partial charge in [0, 0.05) is 64.6 Å². The first-order chi connectivity index (χ1) is 31.8. The second kappa shape index (κ2) is 26.6. The number of amides is 1. The van der Waals surface area contributed by atoms with Crippen molar-refractivity contribution in [2.24, 2.45) is 41.4 Å². The van der Waals surface area contributed by atoms with Crippen LogP contribution in [0.2, 0.25) is 0 Å². The van der Waals surface area contributed by atoms with Crippen molar-refractivity contribution >= 4 is 29.2 Å². The number of ether oxygens (including phenoxy) is 5. The van der Waals surface area contributed by atoms with E-state index in [-0.39, 0.29) is 54.8 Å². The van der Waals surface area contributed by atoms with Crippen molar-refractivity contribution < 1.29 is 57.9 Å². The van der Waals surface area contributed by atoms with Crippen molar-refractivity contribution in [3.63, 3.8) is 0 Å². The molecule has 0 aromatic carbocycles. The van der Waals surface area contributed by atoms with Gasteiger partial charge in [-0.25, -0.2) is 4.79 Å². The summed E-state index contributed by atoms with van der Waals surface area (Å²) < 4.78 is 29.9. The smallest absolute Gasteiger partial charge is 0.329 e. The Labute approximate surface area is 401 Å². The largest absolute Gasteiger partial charge is 0.460 e. The maximum absolute atomic E-state index is 14.5. The van der Waals surface area contributed by atoms with Crippen LogP contribution in [0.25, 0.3) is 0 Å². The van der Waals surface area contributed by atoms with Crippen molar-refractivity contribution in [3.05, 3.63) is 54.0 Å². The summed E-state index contributed by atoms with van der Waals surface area (Å²) in [6, 6.07) is -1.11. The molecule has 4 aliphatic rings. The van der Waals surface area contributed by atoms with Crippen molar-refractivity contribution in [1.29, 1.82) is 0 Å². The monoisotopic (exact) mass is 939 g/mol. The maximum Gasteiger partial charge on any atom is 0.329 e. The SMILES string of the molecule is CC[CH-][C@@H]1CC[C@@H](C[C@@H](C)[C@@H]2CC(=O)[C@H](C)/C=C(\C)[C@@H](O)[C@@H](OC)C(=O)[C@H](C)C[C@H](C)/C=C/C=C/C=C(\C)[C@@H](OC)C[C@@H]3CC[C@@H](C)[C@@](O)(O3)C(=O)C(=O)N3CCCC[C@H]3C(=O)O2)C[C@H]1OC. The second-order valence-electron chi connectivity index (χ2n) is 20.3. The summed E-state index contributed by atoms with van der Waals surface area (Å²) >= 11 is 0. The van der Waals surface area contributed by atoms with E-state index in [0.29, 0.717) is 56.4 Å². The Morgan fingerprint density at radius 2 is 1.61 bits per heavy atom. The Kier molecular flexibility index (Phi) is 22.3. The van der Waals surface area contributed by atoms with Crippen LogP contribution < -0.4 is 0 Å². The first kappa shape index (κ1) is 56.3. The molecular formula is C54H84NO12-. The van der Waals surface area contributed by atoms with Crippen molar-refractivity contribution in [2.45, 2.75) is 187 Å². The van der Waals surface area contributed by atoms with Crippen LogP contribution in [0.15, 0.2) is 47.6 Å². The number of aliphatic hydroxyl groups is 2. The number of allylic oxidation sites excluding steroid dienone is 6. The number of hydrogen-bond donors (Lipinski definition) is 2. The Hall–Kier alpha value is -3.33. The van der Waals surface area contributed by atoms with Gasteiger partial charge >= 0.3 is 5.97 Å². The van der Waals surface area contributed by atoms with Gasteiger partial charge in [0.05, 0.1) is 12.2 Å². The van der Waals surface area contributed by atoms with E-state index in [9.17, 15) is 34.2 Å². The van der Waals surface area contributed by atoms with Crippen LogP contribution in [0.3, 0.4) is 0 Å². The third-order valence-corrected chi connectivity index (χ3v) is 15.1. The zero-order chi connectivity index (χ0) is 49.6. The molecule has 0 radical (unpaired) electrons. The highest BCUT2D eigenvalue weighted by molar-refractivity contribution is 6.39. The molecule has 4 rings (SSSR count). The third kappa shape index (κ3) is 15.1. The lowest BCUT2D eigenvalue weighted by Crippen LogP contribution is -2.61. The molecule has 2 bridgehead atoms. The van der Waals surface area contributed by atoms with E-state index < -0.39 is 77.8 Å². The fourth-order valence-electron chi connectivity index (χ4n) is 10.7. The van der Waals surface area contributed by atoms with Crippen molar-refractivity contribution in [3.8, 4) is 0 Å². The van der Waals surface area contributed by atoms with Gasteiger partial charge in [0.15, 0.2) is 5.78 Å². The molecule has 0 aromatic rings. The molecule has 67 heavy (non-hydrogen) atoms. The minimum Gasteiger partial charge on any atom is -0.460 e. The molecular weight excluding hydrogens is 855 g/mol. The average molecular weight is 939 g/mol. The fourth-order valence-corrected chi connectivity index (χ4v) is 10.7. The van der Waals surface area contributed by atoms with Crippen LogP contribution in [0.4, 0.5) is 0 Å². The van der Waals surface area contributed by atoms with E-state index in [2.05, 4.69) is 13.3 Å². The van der Waals surface area contributed by atoms with Gasteiger partial charge in [0.2, 0.25) is 5.79 Å². The standard InChI is InChI=1S/C54H84NO12/c1-12-18-41-24-23-40(30-47(41)64-10)29-36(5)46-32-44(56)35(4)28-38(7)49(58)50(65-11)48(57)37(6)27-33(2)19-14-13-15-20-34(3)45(63-9)31-42-25-22-39(8)54(62,67-42)51(59)52(60)55-26-17-16-21-43(55)53(61)66-46/h13-15,18-20,28,33,35-37,39-43,45-47,49-50,58,62H,12,16-17,21-27,29-32H2,1-11H3/q-1/b15-13+,19-14+,34-20+,38-28+/t33-,35-,36-,37-,39-,40+,41-,42+,43+,45+,46+,47-,49-,50+,54-/m1/s1. The number of aliphatic hydroxyl groups excluding tert-OH is 1. The first-order valence-corrected chi connectivity index (χ1v) is 25.1. The molecule has 3 aliphatic heterocycles. The molecule has 13 nitrogen and oxygen atoms in total. The van der Waals surface area contributed by atoms with Crippen LogP contribution in [0.5, 0.6) is 0 Å². The van der Waals surface area contributed by atoms with Gasteiger partial charge in [0.1, 0.15) is 30.1 Å². The lowest BCUT2D eigenvalue weighted by atomic mass is 9.74. The Balaban J connectivity index is 1.70. The molecule has 3 fully saturated rings. The van der Waals surface area contributed by atoms with E-state index >= 15 is 0 Å².